The largest absolute Gasteiger partial charge is 0.478 e. The van der Waals surface area contributed by atoms with Crippen LogP contribution in [-0.4, -0.2) is 55.6 Å². The molecule has 2 fully saturated rings. The summed E-state index contributed by atoms with van der Waals surface area (Å²) in [5, 5.41) is 9.61. The molecular weight excluding hydrogens is 296 g/mol. The first-order chi connectivity index (χ1) is 11.2. The molecule has 4 rings (SSSR count). The summed E-state index contributed by atoms with van der Waals surface area (Å²) in [6.45, 7) is 4.65. The van der Waals surface area contributed by atoms with Gasteiger partial charge in [-0.3, -0.25) is 0 Å². The molecule has 6 heteroatoms. The third kappa shape index (κ3) is 2.70. The van der Waals surface area contributed by atoms with Gasteiger partial charge in [-0.05, 0) is 30.9 Å². The van der Waals surface area contributed by atoms with Crippen molar-refractivity contribution in [1.82, 2.24) is 4.98 Å². The molecule has 0 aromatic carbocycles. The Bertz CT molecular complexity index is 627. The number of aromatic carboxylic acids is 1. The summed E-state index contributed by atoms with van der Waals surface area (Å²) in [5.74, 6) is -0.0699. The number of aromatic nitrogens is 1. The van der Waals surface area contributed by atoms with E-state index in [0.717, 1.165) is 49.8 Å². The number of carbonyl (C=O) groups is 1. The third-order valence-electron chi connectivity index (χ3n) is 5.21. The Balaban J connectivity index is 1.69. The van der Waals surface area contributed by atoms with Gasteiger partial charge in [0.2, 0.25) is 0 Å². The Labute approximate surface area is 135 Å². The predicted molar refractivity (Wildman–Crippen MR) is 84.1 cm³/mol. The summed E-state index contributed by atoms with van der Waals surface area (Å²) in [7, 11) is 0. The second kappa shape index (κ2) is 5.76. The zero-order chi connectivity index (χ0) is 15.9. The summed E-state index contributed by atoms with van der Waals surface area (Å²) in [5.41, 5.74) is 2.37. The van der Waals surface area contributed by atoms with Crippen LogP contribution in [-0.2, 0) is 22.3 Å². The quantitative estimate of drug-likeness (QED) is 0.891. The van der Waals surface area contributed by atoms with Crippen molar-refractivity contribution < 1.29 is 19.4 Å². The number of carboxylic acid groups (broad SMARTS) is 1. The minimum absolute atomic E-state index is 0.249. The lowest BCUT2D eigenvalue weighted by Crippen LogP contribution is -2.54. The molecule has 0 saturated carbocycles. The van der Waals surface area contributed by atoms with Crippen molar-refractivity contribution in [3.05, 3.63) is 22.9 Å². The predicted octanol–water partition coefficient (Wildman–Crippen LogP) is 1.51. The Hall–Kier alpha value is -1.66. The number of fused-ring (bicyclic) bond motifs is 1. The molecule has 3 aliphatic heterocycles. The van der Waals surface area contributed by atoms with Crippen molar-refractivity contribution in [2.45, 2.75) is 25.7 Å². The molecule has 0 aliphatic carbocycles. The maximum Gasteiger partial charge on any atom is 0.336 e. The Morgan fingerprint density at radius 2 is 2.09 bits per heavy atom. The average molecular weight is 318 g/mol. The van der Waals surface area contributed by atoms with Crippen LogP contribution in [0, 0.1) is 5.41 Å². The smallest absolute Gasteiger partial charge is 0.336 e. The van der Waals surface area contributed by atoms with Gasteiger partial charge >= 0.3 is 5.97 Å². The lowest BCUT2D eigenvalue weighted by Gasteiger charge is -2.48. The fraction of sp³-hybridized carbons (Fsp3) is 0.647. The first-order valence-electron chi connectivity index (χ1n) is 8.33. The van der Waals surface area contributed by atoms with Crippen molar-refractivity contribution in [3.8, 4) is 0 Å². The van der Waals surface area contributed by atoms with E-state index in [9.17, 15) is 9.90 Å². The Kier molecular flexibility index (Phi) is 3.73. The molecular formula is C17H22N2O4. The Morgan fingerprint density at radius 1 is 1.26 bits per heavy atom. The molecule has 0 bridgehead atoms. The standard InChI is InChI=1S/C17H22N2O4/c20-16(21)13-8-15(18-14-3-7-22-6-2-12(13)14)19-5-1-4-17(9-19)10-23-11-17/h8H,1-7,9-11H2,(H,20,21). The minimum Gasteiger partial charge on any atom is -0.478 e. The van der Waals surface area contributed by atoms with Crippen molar-refractivity contribution in [1.29, 1.82) is 0 Å². The number of carboxylic acids is 1. The first-order valence-corrected chi connectivity index (χ1v) is 8.33. The van der Waals surface area contributed by atoms with E-state index in [1.54, 1.807) is 6.07 Å². The molecule has 1 aromatic heterocycles. The van der Waals surface area contributed by atoms with Crippen LogP contribution in [0.5, 0.6) is 0 Å². The van der Waals surface area contributed by atoms with E-state index in [0.29, 0.717) is 31.6 Å². The summed E-state index contributed by atoms with van der Waals surface area (Å²) in [6.07, 6.45) is 3.61. The molecule has 124 valence electrons. The van der Waals surface area contributed by atoms with Crippen molar-refractivity contribution in [2.75, 3.05) is 44.4 Å². The summed E-state index contributed by atoms with van der Waals surface area (Å²) in [4.78, 5) is 18.8. The van der Waals surface area contributed by atoms with Crippen molar-refractivity contribution >= 4 is 11.8 Å². The van der Waals surface area contributed by atoms with E-state index < -0.39 is 5.97 Å². The average Bonchev–Trinajstić information content (AvgIpc) is 2.77. The highest BCUT2D eigenvalue weighted by molar-refractivity contribution is 5.90. The van der Waals surface area contributed by atoms with Gasteiger partial charge in [0.1, 0.15) is 5.82 Å². The van der Waals surface area contributed by atoms with Gasteiger partial charge in [-0.15, -0.1) is 0 Å². The number of hydrogen-bond donors (Lipinski definition) is 1. The molecule has 0 atom stereocenters. The number of anilines is 1. The summed E-state index contributed by atoms with van der Waals surface area (Å²) < 4.78 is 10.9. The number of pyridine rings is 1. The van der Waals surface area contributed by atoms with Crippen molar-refractivity contribution in [3.63, 3.8) is 0 Å². The fourth-order valence-corrected chi connectivity index (χ4v) is 3.92. The lowest BCUT2D eigenvalue weighted by atomic mass is 9.78. The highest BCUT2D eigenvalue weighted by Gasteiger charge is 2.42. The highest BCUT2D eigenvalue weighted by atomic mass is 16.5. The van der Waals surface area contributed by atoms with Gasteiger partial charge in [-0.2, -0.15) is 0 Å². The number of nitrogens with zero attached hydrogens (tertiary/aromatic N) is 2. The zero-order valence-corrected chi connectivity index (χ0v) is 13.2. The van der Waals surface area contributed by atoms with E-state index in [1.807, 2.05) is 0 Å². The van der Waals surface area contributed by atoms with E-state index in [4.69, 9.17) is 14.5 Å². The SMILES string of the molecule is O=C(O)c1cc(N2CCCC3(COC3)C2)nc2c1CCOCC2. The summed E-state index contributed by atoms with van der Waals surface area (Å²) in [6, 6.07) is 1.75. The van der Waals surface area contributed by atoms with E-state index in [1.165, 1.54) is 6.42 Å². The maximum absolute atomic E-state index is 11.7. The maximum atomic E-state index is 11.7. The molecule has 1 aromatic rings. The second-order valence-corrected chi connectivity index (χ2v) is 6.89. The molecule has 0 radical (unpaired) electrons. The third-order valence-corrected chi connectivity index (χ3v) is 5.21. The molecule has 6 nitrogen and oxygen atoms in total. The van der Waals surface area contributed by atoms with Crippen LogP contribution in [0.1, 0.15) is 34.5 Å². The van der Waals surface area contributed by atoms with Crippen molar-refractivity contribution in [2.24, 2.45) is 5.41 Å². The van der Waals surface area contributed by atoms with Gasteiger partial charge in [0.15, 0.2) is 0 Å². The summed E-state index contributed by atoms with van der Waals surface area (Å²) >= 11 is 0. The highest BCUT2D eigenvalue weighted by Crippen LogP contribution is 2.38. The van der Waals surface area contributed by atoms with Crippen LogP contribution >= 0.6 is 0 Å². The molecule has 3 aliphatic rings. The monoisotopic (exact) mass is 318 g/mol. The zero-order valence-electron chi connectivity index (χ0n) is 13.2. The lowest BCUT2D eigenvalue weighted by molar-refractivity contribution is -0.117. The van der Waals surface area contributed by atoms with Crippen LogP contribution in [0.25, 0.3) is 0 Å². The number of rotatable bonds is 2. The molecule has 1 N–H and O–H groups in total. The van der Waals surface area contributed by atoms with E-state index >= 15 is 0 Å². The minimum atomic E-state index is -0.870. The van der Waals surface area contributed by atoms with Crippen LogP contribution in [0.15, 0.2) is 6.07 Å². The van der Waals surface area contributed by atoms with E-state index in [2.05, 4.69) is 4.90 Å². The van der Waals surface area contributed by atoms with Gasteiger partial charge in [0.25, 0.3) is 0 Å². The molecule has 0 amide bonds. The Morgan fingerprint density at radius 3 is 2.83 bits per heavy atom. The second-order valence-electron chi connectivity index (χ2n) is 6.89. The van der Waals surface area contributed by atoms with Gasteiger partial charge in [0, 0.05) is 30.6 Å². The van der Waals surface area contributed by atoms with Crippen LogP contribution in [0.4, 0.5) is 5.82 Å². The first kappa shape index (κ1) is 14.9. The molecule has 23 heavy (non-hydrogen) atoms. The van der Waals surface area contributed by atoms with E-state index in [-0.39, 0.29) is 5.41 Å². The van der Waals surface area contributed by atoms with Gasteiger partial charge in [-0.25, -0.2) is 9.78 Å². The molecule has 1 spiro atoms. The molecule has 0 unspecified atom stereocenters. The normalized spacial score (nSPS) is 23.0. The number of piperidine rings is 1. The van der Waals surface area contributed by atoms with Crippen LogP contribution in [0.2, 0.25) is 0 Å². The van der Waals surface area contributed by atoms with Gasteiger partial charge in [-0.1, -0.05) is 0 Å². The molecule has 2 saturated heterocycles. The van der Waals surface area contributed by atoms with Gasteiger partial charge < -0.3 is 19.5 Å². The fourth-order valence-electron chi connectivity index (χ4n) is 3.92. The topological polar surface area (TPSA) is 71.9 Å². The van der Waals surface area contributed by atoms with Gasteiger partial charge in [0.05, 0.1) is 32.0 Å². The van der Waals surface area contributed by atoms with Crippen LogP contribution in [0.3, 0.4) is 0 Å². The number of ether oxygens (including phenoxy) is 2. The van der Waals surface area contributed by atoms with Crippen LogP contribution < -0.4 is 4.90 Å². The number of hydrogen-bond acceptors (Lipinski definition) is 5. The molecule has 4 heterocycles.